The highest BCUT2D eigenvalue weighted by Crippen LogP contribution is 2.28. The zero-order chi connectivity index (χ0) is 12.5. The minimum Gasteiger partial charge on any atom is -0.507 e. The van der Waals surface area contributed by atoms with Crippen molar-refractivity contribution in [3.8, 4) is 22.9 Å². The van der Waals surface area contributed by atoms with E-state index in [-0.39, 0.29) is 5.75 Å². The predicted octanol–water partition coefficient (Wildman–Crippen LogP) is 2.72. The number of pyridine rings is 1. The fourth-order valence-electron chi connectivity index (χ4n) is 1.97. The molecule has 3 rings (SSSR count). The van der Waals surface area contributed by atoms with Crippen molar-refractivity contribution in [3.63, 3.8) is 0 Å². The Balaban J connectivity index is 2.22. The molecule has 90 valence electrons. The van der Waals surface area contributed by atoms with Crippen LogP contribution in [0.15, 0.2) is 48.8 Å². The van der Waals surface area contributed by atoms with Crippen LogP contribution in [0.2, 0.25) is 0 Å². The van der Waals surface area contributed by atoms with Crippen molar-refractivity contribution < 1.29 is 9.84 Å². The van der Waals surface area contributed by atoms with Gasteiger partial charge < -0.3 is 9.84 Å². The summed E-state index contributed by atoms with van der Waals surface area (Å²) in [5.41, 5.74) is 1.63. The Bertz CT molecular complexity index is 704. The van der Waals surface area contributed by atoms with E-state index < -0.39 is 0 Å². The Morgan fingerprint density at radius 1 is 1.22 bits per heavy atom. The lowest BCUT2D eigenvalue weighted by molar-refractivity contribution is 0.414. The van der Waals surface area contributed by atoms with Crippen LogP contribution in [-0.4, -0.2) is 21.6 Å². The number of hydrogen-bond acceptors (Lipinski definition) is 3. The molecule has 0 saturated heterocycles. The number of phenols is 1. The maximum absolute atomic E-state index is 9.86. The molecule has 2 aromatic heterocycles. The molecule has 0 atom stereocenters. The first-order valence-electron chi connectivity index (χ1n) is 5.59. The van der Waals surface area contributed by atoms with E-state index in [9.17, 15) is 5.11 Å². The number of rotatable bonds is 2. The maximum atomic E-state index is 9.86. The lowest BCUT2D eigenvalue weighted by Crippen LogP contribution is -1.90. The molecule has 1 N–H and O–H groups in total. The van der Waals surface area contributed by atoms with Gasteiger partial charge in [0.25, 0.3) is 0 Å². The van der Waals surface area contributed by atoms with Gasteiger partial charge in [0.05, 0.1) is 24.4 Å². The highest BCUT2D eigenvalue weighted by atomic mass is 16.5. The predicted molar refractivity (Wildman–Crippen MR) is 68.8 cm³/mol. The molecule has 0 saturated carbocycles. The number of aromatic hydroxyl groups is 1. The van der Waals surface area contributed by atoms with E-state index in [1.54, 1.807) is 25.4 Å². The van der Waals surface area contributed by atoms with Crippen LogP contribution in [0.3, 0.4) is 0 Å². The van der Waals surface area contributed by atoms with Crippen LogP contribution < -0.4 is 4.74 Å². The smallest absolute Gasteiger partial charge is 0.148 e. The van der Waals surface area contributed by atoms with Gasteiger partial charge >= 0.3 is 0 Å². The SMILES string of the molecule is COc1ccn2c(-c3ccccc3O)ncc2c1. The Labute approximate surface area is 104 Å². The molecule has 1 aromatic carbocycles. The molecular formula is C14H12N2O2. The van der Waals surface area contributed by atoms with E-state index in [0.717, 1.165) is 11.3 Å². The highest BCUT2D eigenvalue weighted by Gasteiger charge is 2.10. The molecule has 18 heavy (non-hydrogen) atoms. The topological polar surface area (TPSA) is 46.8 Å². The van der Waals surface area contributed by atoms with Crippen LogP contribution in [0.1, 0.15) is 0 Å². The second-order valence-corrected chi connectivity index (χ2v) is 3.96. The van der Waals surface area contributed by atoms with Gasteiger partial charge in [-0.15, -0.1) is 0 Å². The second-order valence-electron chi connectivity index (χ2n) is 3.96. The number of aromatic nitrogens is 2. The van der Waals surface area contributed by atoms with Gasteiger partial charge in [0.2, 0.25) is 0 Å². The third-order valence-corrected chi connectivity index (χ3v) is 2.88. The van der Waals surface area contributed by atoms with Crippen molar-refractivity contribution in [3.05, 3.63) is 48.8 Å². The summed E-state index contributed by atoms with van der Waals surface area (Å²) in [4.78, 5) is 4.35. The van der Waals surface area contributed by atoms with Crippen LogP contribution in [0, 0.1) is 0 Å². The summed E-state index contributed by atoms with van der Waals surface area (Å²) >= 11 is 0. The zero-order valence-corrected chi connectivity index (χ0v) is 9.87. The standard InChI is InChI=1S/C14H12N2O2/c1-18-11-6-7-16-10(8-11)9-15-14(16)12-4-2-3-5-13(12)17/h2-9,17H,1H3. The van der Waals surface area contributed by atoms with Crippen molar-refractivity contribution in [2.45, 2.75) is 0 Å². The summed E-state index contributed by atoms with van der Waals surface area (Å²) < 4.78 is 7.08. The summed E-state index contributed by atoms with van der Waals surface area (Å²) in [5.74, 6) is 1.72. The summed E-state index contributed by atoms with van der Waals surface area (Å²) in [6, 6.07) is 10.9. The van der Waals surface area contributed by atoms with Crippen molar-refractivity contribution >= 4 is 5.52 Å². The average Bonchev–Trinajstić information content (AvgIpc) is 2.82. The Hall–Kier alpha value is -2.49. The molecule has 4 heteroatoms. The lowest BCUT2D eigenvalue weighted by atomic mass is 10.2. The monoisotopic (exact) mass is 240 g/mol. The second kappa shape index (κ2) is 4.07. The van der Waals surface area contributed by atoms with Crippen molar-refractivity contribution in [1.29, 1.82) is 0 Å². The quantitative estimate of drug-likeness (QED) is 0.749. The van der Waals surface area contributed by atoms with Crippen LogP contribution in [-0.2, 0) is 0 Å². The van der Waals surface area contributed by atoms with Gasteiger partial charge in [-0.3, -0.25) is 4.40 Å². The molecule has 0 spiro atoms. The highest BCUT2D eigenvalue weighted by molar-refractivity contribution is 5.68. The van der Waals surface area contributed by atoms with Crippen LogP contribution in [0.5, 0.6) is 11.5 Å². The van der Waals surface area contributed by atoms with Gasteiger partial charge in [0, 0.05) is 12.3 Å². The van der Waals surface area contributed by atoms with Gasteiger partial charge in [-0.25, -0.2) is 4.98 Å². The molecule has 0 amide bonds. The van der Waals surface area contributed by atoms with Gasteiger partial charge in [0.15, 0.2) is 0 Å². The van der Waals surface area contributed by atoms with E-state index in [4.69, 9.17) is 4.74 Å². The molecule has 0 bridgehead atoms. The fourth-order valence-corrected chi connectivity index (χ4v) is 1.97. The largest absolute Gasteiger partial charge is 0.507 e. The number of benzene rings is 1. The Morgan fingerprint density at radius 2 is 2.06 bits per heavy atom. The van der Waals surface area contributed by atoms with Crippen molar-refractivity contribution in [2.75, 3.05) is 7.11 Å². The van der Waals surface area contributed by atoms with E-state index in [1.807, 2.05) is 34.9 Å². The number of hydrogen-bond donors (Lipinski definition) is 1. The number of nitrogens with zero attached hydrogens (tertiary/aromatic N) is 2. The number of fused-ring (bicyclic) bond motifs is 1. The number of ether oxygens (including phenoxy) is 1. The summed E-state index contributed by atoms with van der Waals surface area (Å²) in [7, 11) is 1.63. The van der Waals surface area contributed by atoms with E-state index in [1.165, 1.54) is 0 Å². The average molecular weight is 240 g/mol. The molecule has 2 heterocycles. The first kappa shape index (κ1) is 10.7. The molecule has 3 aromatic rings. The third-order valence-electron chi connectivity index (χ3n) is 2.88. The molecule has 0 aliphatic carbocycles. The Kier molecular flexibility index (Phi) is 2.41. The van der Waals surface area contributed by atoms with Crippen LogP contribution in [0.25, 0.3) is 16.9 Å². The van der Waals surface area contributed by atoms with E-state index in [0.29, 0.717) is 11.4 Å². The normalized spacial score (nSPS) is 10.7. The first-order chi connectivity index (χ1) is 8.79. The van der Waals surface area contributed by atoms with Gasteiger partial charge in [-0.05, 0) is 18.2 Å². The minimum atomic E-state index is 0.223. The summed E-state index contributed by atoms with van der Waals surface area (Å²) in [6.45, 7) is 0. The van der Waals surface area contributed by atoms with Crippen LogP contribution in [0.4, 0.5) is 0 Å². The van der Waals surface area contributed by atoms with Gasteiger partial charge in [-0.2, -0.15) is 0 Å². The van der Waals surface area contributed by atoms with Gasteiger partial charge in [-0.1, -0.05) is 12.1 Å². The molecule has 0 aliphatic rings. The summed E-state index contributed by atoms with van der Waals surface area (Å²) in [6.07, 6.45) is 3.63. The van der Waals surface area contributed by atoms with Crippen molar-refractivity contribution in [2.24, 2.45) is 0 Å². The number of phenolic OH excluding ortho intramolecular Hbond substituents is 1. The molecule has 0 fully saturated rings. The minimum absolute atomic E-state index is 0.223. The van der Waals surface area contributed by atoms with E-state index >= 15 is 0 Å². The van der Waals surface area contributed by atoms with Crippen molar-refractivity contribution in [1.82, 2.24) is 9.38 Å². The van der Waals surface area contributed by atoms with Gasteiger partial charge in [0.1, 0.15) is 17.3 Å². The molecule has 0 radical (unpaired) electrons. The number of methoxy groups -OCH3 is 1. The summed E-state index contributed by atoms with van der Waals surface area (Å²) in [5, 5.41) is 9.86. The molecule has 0 unspecified atom stereocenters. The first-order valence-corrected chi connectivity index (χ1v) is 5.59. The molecular weight excluding hydrogens is 228 g/mol. The molecule has 4 nitrogen and oxygen atoms in total. The van der Waals surface area contributed by atoms with Crippen LogP contribution >= 0.6 is 0 Å². The van der Waals surface area contributed by atoms with E-state index in [2.05, 4.69) is 4.98 Å². The number of para-hydroxylation sites is 1. The lowest BCUT2D eigenvalue weighted by Gasteiger charge is -2.05. The Morgan fingerprint density at radius 3 is 2.83 bits per heavy atom. The number of imidazole rings is 1. The fraction of sp³-hybridized carbons (Fsp3) is 0.0714. The maximum Gasteiger partial charge on any atom is 0.148 e. The third kappa shape index (κ3) is 1.59. The zero-order valence-electron chi connectivity index (χ0n) is 9.87. The molecule has 0 aliphatic heterocycles.